The van der Waals surface area contributed by atoms with Crippen molar-refractivity contribution in [1.82, 2.24) is 15.5 Å². The first-order valence-corrected chi connectivity index (χ1v) is 9.93. The molecule has 0 unspecified atom stereocenters. The number of H-pyrrole nitrogens is 1. The number of benzene rings is 1. The van der Waals surface area contributed by atoms with Gasteiger partial charge in [-0.1, -0.05) is 0 Å². The molecule has 1 atom stereocenters. The van der Waals surface area contributed by atoms with E-state index in [0.717, 1.165) is 36.2 Å². The maximum atomic E-state index is 13.4. The second-order valence-electron chi connectivity index (χ2n) is 8.51. The summed E-state index contributed by atoms with van der Waals surface area (Å²) in [6.07, 6.45) is -1.62. The van der Waals surface area contributed by atoms with Crippen LogP contribution in [0.5, 0.6) is 0 Å². The van der Waals surface area contributed by atoms with Gasteiger partial charge in [0, 0.05) is 23.5 Å². The van der Waals surface area contributed by atoms with Crippen LogP contribution >= 0.6 is 0 Å². The topological polar surface area (TPSA) is 96.1 Å². The quantitative estimate of drug-likeness (QED) is 0.654. The highest BCUT2D eigenvalue weighted by Gasteiger charge is 2.32. The number of aryl methyl sites for hydroxylation is 1. The van der Waals surface area contributed by atoms with E-state index in [1.54, 1.807) is 27.0 Å². The van der Waals surface area contributed by atoms with Gasteiger partial charge in [0.1, 0.15) is 5.60 Å². The predicted molar refractivity (Wildman–Crippen MR) is 107 cm³/mol. The molecule has 0 saturated carbocycles. The minimum atomic E-state index is -4.61. The molecule has 0 aliphatic heterocycles. The fraction of sp³-hybridized carbons (Fsp3) is 0.476. The summed E-state index contributed by atoms with van der Waals surface area (Å²) >= 11 is 0. The van der Waals surface area contributed by atoms with Gasteiger partial charge in [0.2, 0.25) is 5.91 Å². The summed E-state index contributed by atoms with van der Waals surface area (Å²) in [4.78, 5) is 24.6. The number of anilines is 1. The monoisotopic (exact) mass is 438 g/mol. The molecule has 1 aromatic carbocycles. The number of amides is 2. The summed E-state index contributed by atoms with van der Waals surface area (Å²) in [7, 11) is 0. The molecule has 10 heteroatoms. The van der Waals surface area contributed by atoms with Gasteiger partial charge >= 0.3 is 12.3 Å². The van der Waals surface area contributed by atoms with E-state index in [9.17, 15) is 22.8 Å². The van der Waals surface area contributed by atoms with Gasteiger partial charge in [0.25, 0.3) is 0 Å². The van der Waals surface area contributed by atoms with Crippen LogP contribution in [-0.2, 0) is 28.7 Å². The Hall–Kier alpha value is -3.04. The normalized spacial score (nSPS) is 16.4. The van der Waals surface area contributed by atoms with Crippen molar-refractivity contribution in [3.8, 4) is 0 Å². The van der Waals surface area contributed by atoms with Crippen molar-refractivity contribution in [2.75, 3.05) is 5.32 Å². The van der Waals surface area contributed by atoms with Crippen LogP contribution in [0.2, 0.25) is 0 Å². The van der Waals surface area contributed by atoms with E-state index < -0.39 is 35.3 Å². The molecule has 168 valence electrons. The molecular formula is C21H25F3N4O3. The summed E-state index contributed by atoms with van der Waals surface area (Å²) < 4.78 is 45.2. The molecule has 0 radical (unpaired) electrons. The molecule has 1 aliphatic rings. The lowest BCUT2D eigenvalue weighted by Gasteiger charge is -2.22. The maximum absolute atomic E-state index is 13.4. The van der Waals surface area contributed by atoms with Crippen LogP contribution in [0.1, 0.15) is 61.9 Å². The second-order valence-corrected chi connectivity index (χ2v) is 8.51. The molecule has 0 bridgehead atoms. The molecule has 2 amide bonds. The van der Waals surface area contributed by atoms with Crippen molar-refractivity contribution in [3.63, 3.8) is 0 Å². The van der Waals surface area contributed by atoms with Crippen LogP contribution in [0.15, 0.2) is 24.4 Å². The Morgan fingerprint density at radius 3 is 2.65 bits per heavy atom. The van der Waals surface area contributed by atoms with Gasteiger partial charge in [-0.3, -0.25) is 9.89 Å². The van der Waals surface area contributed by atoms with Crippen molar-refractivity contribution in [1.29, 1.82) is 0 Å². The molecule has 3 rings (SSSR count). The Morgan fingerprint density at radius 2 is 1.97 bits per heavy atom. The zero-order valence-corrected chi connectivity index (χ0v) is 17.5. The number of aromatic amines is 1. The van der Waals surface area contributed by atoms with E-state index in [2.05, 4.69) is 20.8 Å². The number of hydrogen-bond donors (Lipinski definition) is 3. The van der Waals surface area contributed by atoms with Gasteiger partial charge in [-0.15, -0.1) is 0 Å². The molecule has 31 heavy (non-hydrogen) atoms. The lowest BCUT2D eigenvalue weighted by Crippen LogP contribution is -2.32. The number of aromatic nitrogens is 2. The minimum Gasteiger partial charge on any atom is -0.444 e. The average Bonchev–Trinajstić information content (AvgIpc) is 3.13. The summed E-state index contributed by atoms with van der Waals surface area (Å²) in [5.41, 5.74) is 0.183. The minimum absolute atomic E-state index is 0.0106. The van der Waals surface area contributed by atoms with Crippen molar-refractivity contribution in [3.05, 3.63) is 46.8 Å². The van der Waals surface area contributed by atoms with Crippen LogP contribution in [0.4, 0.5) is 23.7 Å². The molecular weight excluding hydrogens is 413 g/mol. The highest BCUT2D eigenvalue weighted by Crippen LogP contribution is 2.34. The number of carbonyl (C=O) groups is 2. The third kappa shape index (κ3) is 5.99. The van der Waals surface area contributed by atoms with Crippen LogP contribution in [-0.4, -0.2) is 27.8 Å². The summed E-state index contributed by atoms with van der Waals surface area (Å²) in [5.74, 6) is -0.881. The zero-order valence-electron chi connectivity index (χ0n) is 17.5. The molecule has 2 aromatic rings. The number of alkyl halides is 3. The Kier molecular flexibility index (Phi) is 6.28. The van der Waals surface area contributed by atoms with Crippen molar-refractivity contribution in [2.45, 2.75) is 64.3 Å². The standard InChI is InChI=1S/C21H25F3N4O3/c1-20(2,3)31-19(30)25-10-12-7-13(21(22,23)24)9-14(8-12)27-18(29)15-5-4-6-17-16(15)11-26-28-17/h7-9,11,15H,4-6,10H2,1-3H3,(H,25,30)(H,26,28)(H,27,29)/t15-/m1/s1. The molecule has 0 fully saturated rings. The van der Waals surface area contributed by atoms with Gasteiger partial charge in [-0.25, -0.2) is 4.79 Å². The molecule has 0 saturated heterocycles. The zero-order chi connectivity index (χ0) is 22.8. The number of fused-ring (bicyclic) bond motifs is 1. The first-order chi connectivity index (χ1) is 14.4. The third-order valence-corrected chi connectivity index (χ3v) is 4.79. The summed E-state index contributed by atoms with van der Waals surface area (Å²) in [5, 5.41) is 11.9. The highest BCUT2D eigenvalue weighted by molar-refractivity contribution is 5.96. The Labute approximate surface area is 177 Å². The maximum Gasteiger partial charge on any atom is 0.416 e. The van der Waals surface area contributed by atoms with Gasteiger partial charge < -0.3 is 15.4 Å². The van der Waals surface area contributed by atoms with E-state index in [1.165, 1.54) is 6.07 Å². The van der Waals surface area contributed by atoms with Crippen LogP contribution in [0.3, 0.4) is 0 Å². The lowest BCUT2D eigenvalue weighted by molar-refractivity contribution is -0.137. The van der Waals surface area contributed by atoms with Crippen molar-refractivity contribution >= 4 is 17.7 Å². The van der Waals surface area contributed by atoms with E-state index in [4.69, 9.17) is 4.74 Å². The number of ether oxygens (including phenoxy) is 1. The number of halogens is 3. The third-order valence-electron chi connectivity index (χ3n) is 4.79. The molecule has 1 aliphatic carbocycles. The number of nitrogens with one attached hydrogen (secondary N) is 3. The molecule has 0 spiro atoms. The first-order valence-electron chi connectivity index (χ1n) is 9.93. The smallest absolute Gasteiger partial charge is 0.416 e. The number of nitrogens with zero attached hydrogens (tertiary/aromatic N) is 1. The largest absolute Gasteiger partial charge is 0.444 e. The van der Waals surface area contributed by atoms with E-state index in [-0.39, 0.29) is 17.8 Å². The second kappa shape index (κ2) is 8.60. The predicted octanol–water partition coefficient (Wildman–Crippen LogP) is 4.51. The molecule has 1 aromatic heterocycles. The number of hydrogen-bond acceptors (Lipinski definition) is 4. The average molecular weight is 438 g/mol. The number of rotatable bonds is 4. The van der Waals surface area contributed by atoms with E-state index in [1.807, 2.05) is 0 Å². The molecule has 3 N–H and O–H groups in total. The van der Waals surface area contributed by atoms with Gasteiger partial charge in [-0.2, -0.15) is 18.3 Å². The molecule has 7 nitrogen and oxygen atoms in total. The summed E-state index contributed by atoms with van der Waals surface area (Å²) in [6.45, 7) is 4.86. The van der Waals surface area contributed by atoms with Gasteiger partial charge in [0.05, 0.1) is 17.7 Å². The Bertz CT molecular complexity index is 964. The fourth-order valence-electron chi connectivity index (χ4n) is 3.48. The summed E-state index contributed by atoms with van der Waals surface area (Å²) in [6, 6.07) is 3.22. The Morgan fingerprint density at radius 1 is 1.23 bits per heavy atom. The fourth-order valence-corrected chi connectivity index (χ4v) is 3.48. The lowest BCUT2D eigenvalue weighted by atomic mass is 9.86. The van der Waals surface area contributed by atoms with Crippen LogP contribution < -0.4 is 10.6 Å². The number of carbonyl (C=O) groups excluding carboxylic acids is 2. The van der Waals surface area contributed by atoms with Gasteiger partial charge in [0.15, 0.2) is 0 Å². The van der Waals surface area contributed by atoms with Crippen LogP contribution in [0.25, 0.3) is 0 Å². The van der Waals surface area contributed by atoms with Crippen molar-refractivity contribution in [2.24, 2.45) is 0 Å². The SMILES string of the molecule is CC(C)(C)OC(=O)NCc1cc(NC(=O)[C@@H]2CCCc3[nH]ncc32)cc(C(F)(F)F)c1. The number of alkyl carbamates (subject to hydrolysis) is 1. The van der Waals surface area contributed by atoms with E-state index >= 15 is 0 Å². The van der Waals surface area contributed by atoms with Crippen LogP contribution in [0, 0.1) is 0 Å². The van der Waals surface area contributed by atoms with E-state index in [0.29, 0.717) is 6.42 Å². The van der Waals surface area contributed by atoms with Crippen molar-refractivity contribution < 1.29 is 27.5 Å². The van der Waals surface area contributed by atoms with Gasteiger partial charge in [-0.05, 0) is 63.8 Å². The highest BCUT2D eigenvalue weighted by atomic mass is 19.4. The first kappa shape index (κ1) is 22.6. The molecule has 1 heterocycles. The Balaban J connectivity index is 1.78.